The molecule has 0 bridgehead atoms. The highest BCUT2D eigenvalue weighted by Gasteiger charge is 2.40. The van der Waals surface area contributed by atoms with Crippen LogP contribution in [0.4, 0.5) is 14.5 Å². The molecule has 8 heteroatoms. The molecular weight excluding hydrogens is 350 g/mol. The van der Waals surface area contributed by atoms with Crippen LogP contribution in [0.25, 0.3) is 0 Å². The van der Waals surface area contributed by atoms with Gasteiger partial charge in [-0.15, -0.1) is 0 Å². The zero-order valence-corrected chi connectivity index (χ0v) is 14.1. The van der Waals surface area contributed by atoms with Crippen molar-refractivity contribution in [1.82, 2.24) is 0 Å². The predicted molar refractivity (Wildman–Crippen MR) is 88.5 cm³/mol. The number of amides is 1. The van der Waals surface area contributed by atoms with Crippen LogP contribution in [0.3, 0.4) is 0 Å². The molecule has 0 radical (unpaired) electrons. The van der Waals surface area contributed by atoms with E-state index >= 15 is 0 Å². The number of carbonyl (C=O) groups is 1. The molecule has 1 amide bonds. The lowest BCUT2D eigenvalue weighted by Crippen LogP contribution is -2.45. The number of nitrogens with zero attached hydrogens (tertiary/aromatic N) is 1. The van der Waals surface area contributed by atoms with Gasteiger partial charge in [0.05, 0.1) is 11.6 Å². The number of anilines is 1. The van der Waals surface area contributed by atoms with Gasteiger partial charge >= 0.3 is 0 Å². The summed E-state index contributed by atoms with van der Waals surface area (Å²) in [7, 11) is -4.36. The number of primary amides is 1. The van der Waals surface area contributed by atoms with Crippen LogP contribution in [-0.2, 0) is 14.8 Å². The van der Waals surface area contributed by atoms with E-state index < -0.39 is 44.4 Å². The molecule has 2 N–H and O–H groups in total. The summed E-state index contributed by atoms with van der Waals surface area (Å²) in [5.74, 6) is -3.10. The van der Waals surface area contributed by atoms with Crippen molar-refractivity contribution in [3.05, 3.63) is 59.7 Å². The summed E-state index contributed by atoms with van der Waals surface area (Å²) < 4.78 is 54.6. The van der Waals surface area contributed by atoms with Crippen LogP contribution in [0.15, 0.2) is 47.4 Å². The Balaban J connectivity index is 2.20. The lowest BCUT2D eigenvalue weighted by molar-refractivity contribution is -0.119. The summed E-state index contributed by atoms with van der Waals surface area (Å²) >= 11 is 0. The van der Waals surface area contributed by atoms with E-state index in [1.54, 1.807) is 25.1 Å². The van der Waals surface area contributed by atoms with Gasteiger partial charge in [0, 0.05) is 6.04 Å². The van der Waals surface area contributed by atoms with Crippen LogP contribution in [0.1, 0.15) is 24.8 Å². The minimum Gasteiger partial charge on any atom is -0.369 e. The molecule has 2 aromatic carbocycles. The Kier molecular flexibility index (Phi) is 4.24. The lowest BCUT2D eigenvalue weighted by Gasteiger charge is -2.38. The number of rotatable bonds is 3. The van der Waals surface area contributed by atoms with E-state index in [2.05, 4.69) is 0 Å². The van der Waals surface area contributed by atoms with Crippen molar-refractivity contribution < 1.29 is 22.0 Å². The number of carbonyl (C=O) groups excluding carboxylic acids is 1. The van der Waals surface area contributed by atoms with E-state index in [9.17, 15) is 22.0 Å². The second-order valence-corrected chi connectivity index (χ2v) is 7.76. The Morgan fingerprint density at radius 2 is 1.88 bits per heavy atom. The number of nitrogens with two attached hydrogens (primary N) is 1. The van der Waals surface area contributed by atoms with Crippen LogP contribution in [0.2, 0.25) is 0 Å². The third kappa shape index (κ3) is 2.86. The zero-order valence-electron chi connectivity index (χ0n) is 13.3. The molecule has 0 saturated heterocycles. The van der Waals surface area contributed by atoms with Gasteiger partial charge in [-0.3, -0.25) is 9.10 Å². The molecule has 3 rings (SSSR count). The number of hydrogen-bond donors (Lipinski definition) is 1. The third-order valence-corrected chi connectivity index (χ3v) is 6.24. The van der Waals surface area contributed by atoms with Gasteiger partial charge < -0.3 is 5.73 Å². The van der Waals surface area contributed by atoms with Crippen molar-refractivity contribution in [2.45, 2.75) is 30.2 Å². The first kappa shape index (κ1) is 17.3. The van der Waals surface area contributed by atoms with E-state index in [4.69, 9.17) is 5.73 Å². The summed E-state index contributed by atoms with van der Waals surface area (Å²) in [4.78, 5) is 11.0. The third-order valence-electron chi connectivity index (χ3n) is 4.30. The first-order valence-corrected chi connectivity index (χ1v) is 9.05. The largest absolute Gasteiger partial charge is 0.369 e. The Labute approximate surface area is 144 Å². The van der Waals surface area contributed by atoms with Crippen LogP contribution in [0.5, 0.6) is 0 Å². The van der Waals surface area contributed by atoms with Gasteiger partial charge in [0.25, 0.3) is 10.0 Å². The van der Waals surface area contributed by atoms with Gasteiger partial charge in [-0.2, -0.15) is 0 Å². The average molecular weight is 366 g/mol. The highest BCUT2D eigenvalue weighted by atomic mass is 32.2. The van der Waals surface area contributed by atoms with Crippen molar-refractivity contribution >= 4 is 21.6 Å². The number of halogens is 2. The van der Waals surface area contributed by atoms with Crippen molar-refractivity contribution in [3.8, 4) is 0 Å². The Morgan fingerprint density at radius 1 is 1.20 bits per heavy atom. The molecular formula is C17H16F2N2O3S. The number of para-hydroxylation sites is 1. The molecule has 0 saturated carbocycles. The van der Waals surface area contributed by atoms with Crippen LogP contribution < -0.4 is 10.0 Å². The maximum absolute atomic E-state index is 14.1. The molecule has 2 atom stereocenters. The molecule has 0 fully saturated rings. The first-order chi connectivity index (χ1) is 11.7. The first-order valence-electron chi connectivity index (χ1n) is 7.61. The minimum absolute atomic E-state index is 0.155. The van der Waals surface area contributed by atoms with Gasteiger partial charge in [0.15, 0.2) is 0 Å². The second-order valence-electron chi connectivity index (χ2n) is 5.97. The number of benzene rings is 2. The topological polar surface area (TPSA) is 80.5 Å². The van der Waals surface area contributed by atoms with Crippen molar-refractivity contribution in [2.75, 3.05) is 4.31 Å². The predicted octanol–water partition coefficient (Wildman–Crippen LogP) is 2.52. The SMILES string of the molecule is CC1CC(C(N)=O)c2ccccc2N1S(=O)(=O)c1cc(F)ccc1F. The second kappa shape index (κ2) is 6.11. The summed E-state index contributed by atoms with van der Waals surface area (Å²) in [5, 5.41) is 0. The number of sulfonamides is 1. The van der Waals surface area contributed by atoms with Gasteiger partial charge in [-0.05, 0) is 43.2 Å². The summed E-state index contributed by atoms with van der Waals surface area (Å²) in [5.41, 5.74) is 6.13. The van der Waals surface area contributed by atoms with E-state index in [0.717, 1.165) is 16.4 Å². The highest BCUT2D eigenvalue weighted by Crippen LogP contribution is 2.41. The fraction of sp³-hybridized carbons (Fsp3) is 0.235. The summed E-state index contributed by atoms with van der Waals surface area (Å²) in [6, 6.07) is 8.04. The Morgan fingerprint density at radius 3 is 2.56 bits per heavy atom. The van der Waals surface area contributed by atoms with Crippen LogP contribution in [0, 0.1) is 11.6 Å². The number of hydrogen-bond acceptors (Lipinski definition) is 3. The Bertz CT molecular complexity index is 947. The van der Waals surface area contributed by atoms with Crippen molar-refractivity contribution in [3.63, 3.8) is 0 Å². The van der Waals surface area contributed by atoms with Gasteiger partial charge in [-0.25, -0.2) is 17.2 Å². The molecule has 2 aromatic rings. The smallest absolute Gasteiger partial charge is 0.267 e. The fourth-order valence-electron chi connectivity index (χ4n) is 3.20. The maximum atomic E-state index is 14.1. The summed E-state index contributed by atoms with van der Waals surface area (Å²) in [6.45, 7) is 1.60. The minimum atomic E-state index is -4.36. The number of fused-ring (bicyclic) bond motifs is 1. The maximum Gasteiger partial charge on any atom is 0.267 e. The molecule has 132 valence electrons. The average Bonchev–Trinajstić information content (AvgIpc) is 2.55. The molecule has 25 heavy (non-hydrogen) atoms. The molecule has 1 aliphatic heterocycles. The van der Waals surface area contributed by atoms with E-state index in [1.807, 2.05) is 0 Å². The van der Waals surface area contributed by atoms with Gasteiger partial charge in [0.1, 0.15) is 16.5 Å². The molecule has 2 unspecified atom stereocenters. The molecule has 1 heterocycles. The molecule has 1 aliphatic rings. The monoisotopic (exact) mass is 366 g/mol. The van der Waals surface area contributed by atoms with Crippen molar-refractivity contribution in [1.29, 1.82) is 0 Å². The van der Waals surface area contributed by atoms with Crippen LogP contribution >= 0.6 is 0 Å². The van der Waals surface area contributed by atoms with Gasteiger partial charge in [0.2, 0.25) is 5.91 Å². The van der Waals surface area contributed by atoms with E-state index in [0.29, 0.717) is 11.6 Å². The molecule has 0 spiro atoms. The van der Waals surface area contributed by atoms with E-state index in [1.165, 1.54) is 6.07 Å². The van der Waals surface area contributed by atoms with Crippen LogP contribution in [-0.4, -0.2) is 20.4 Å². The summed E-state index contributed by atoms with van der Waals surface area (Å²) in [6.07, 6.45) is 0.155. The van der Waals surface area contributed by atoms with Gasteiger partial charge in [-0.1, -0.05) is 18.2 Å². The quantitative estimate of drug-likeness (QED) is 0.906. The fourth-order valence-corrected chi connectivity index (χ4v) is 4.97. The zero-order chi connectivity index (χ0) is 18.4. The Hall–Kier alpha value is -2.48. The molecule has 5 nitrogen and oxygen atoms in total. The lowest BCUT2D eigenvalue weighted by atomic mass is 9.87. The van der Waals surface area contributed by atoms with E-state index in [-0.39, 0.29) is 12.1 Å². The normalized spacial score (nSPS) is 20.2. The highest BCUT2D eigenvalue weighted by molar-refractivity contribution is 7.92. The standard InChI is InChI=1S/C17H16F2N2O3S/c1-10-8-13(17(20)22)12-4-2-3-5-15(12)21(10)25(23,24)16-9-11(18)6-7-14(16)19/h2-7,9-10,13H,8H2,1H3,(H2,20,22). The molecule has 0 aromatic heterocycles. The molecule has 0 aliphatic carbocycles. The van der Waals surface area contributed by atoms with Crippen molar-refractivity contribution in [2.24, 2.45) is 5.73 Å².